The number of amides is 1. The average Bonchev–Trinajstić information content (AvgIpc) is 2.79. The van der Waals surface area contributed by atoms with Crippen LogP contribution in [0.25, 0.3) is 0 Å². The molecule has 2 fully saturated rings. The fourth-order valence-corrected chi connectivity index (χ4v) is 5.67. The van der Waals surface area contributed by atoms with Crippen LogP contribution in [0.2, 0.25) is 0 Å². The highest BCUT2D eigenvalue weighted by molar-refractivity contribution is 7.89. The van der Waals surface area contributed by atoms with Gasteiger partial charge in [-0.2, -0.15) is 0 Å². The molecule has 1 saturated carbocycles. The van der Waals surface area contributed by atoms with Crippen molar-refractivity contribution in [3.05, 3.63) is 41.0 Å². The van der Waals surface area contributed by atoms with E-state index in [-0.39, 0.29) is 29.1 Å². The van der Waals surface area contributed by atoms with E-state index >= 15 is 0 Å². The molecule has 33 heavy (non-hydrogen) atoms. The van der Waals surface area contributed by atoms with Gasteiger partial charge in [-0.3, -0.25) is 19.8 Å². The number of rotatable bonds is 9. The lowest BCUT2D eigenvalue weighted by Crippen LogP contribution is -2.49. The van der Waals surface area contributed by atoms with Crippen molar-refractivity contribution in [2.45, 2.75) is 43.5 Å². The Morgan fingerprint density at radius 2 is 1.88 bits per heavy atom. The molecule has 1 amide bonds. The summed E-state index contributed by atoms with van der Waals surface area (Å²) in [5.41, 5.74) is 0.161. The van der Waals surface area contributed by atoms with E-state index in [4.69, 9.17) is 0 Å². The highest BCUT2D eigenvalue weighted by atomic mass is 32.2. The Labute approximate surface area is 195 Å². The van der Waals surface area contributed by atoms with E-state index in [9.17, 15) is 23.3 Å². The van der Waals surface area contributed by atoms with Gasteiger partial charge in [0.05, 0.1) is 16.4 Å². The predicted octanol–water partition coefficient (Wildman–Crippen LogP) is 1.88. The lowest BCUT2D eigenvalue weighted by molar-refractivity contribution is -0.384. The zero-order chi connectivity index (χ0) is 24.0. The van der Waals surface area contributed by atoms with E-state index in [1.54, 1.807) is 6.08 Å². The molecule has 10 nitrogen and oxygen atoms in total. The zero-order valence-electron chi connectivity index (χ0n) is 19.0. The quantitative estimate of drug-likeness (QED) is 0.315. The third-order valence-electron chi connectivity index (χ3n) is 6.32. The number of nitrogens with zero attached hydrogens (tertiary/aromatic N) is 3. The minimum Gasteiger partial charge on any atom is -0.363 e. The molecule has 2 N–H and O–H groups in total. The molecule has 1 aliphatic carbocycles. The maximum atomic E-state index is 12.9. The highest BCUT2D eigenvalue weighted by Crippen LogP contribution is 2.32. The number of sulfonamides is 1. The summed E-state index contributed by atoms with van der Waals surface area (Å²) < 4.78 is 28.5. The van der Waals surface area contributed by atoms with Crippen LogP contribution in [0, 0.1) is 16.0 Å². The fourth-order valence-electron chi connectivity index (χ4n) is 4.34. The Morgan fingerprint density at radius 1 is 1.21 bits per heavy atom. The molecule has 2 aliphatic rings. The number of nitrogens with one attached hydrogen (secondary N) is 2. The molecular weight excluding hydrogens is 446 g/mol. The first-order valence-corrected chi connectivity index (χ1v) is 12.8. The SMILES string of the molecule is C=CCNC(=O)CN1CCN(c2ccc(S(=O)(=O)NC3CCC(C)CC3)cc2[N+](=O)[O-])CC1. The number of benzene rings is 1. The number of hydrogen-bond donors (Lipinski definition) is 2. The highest BCUT2D eigenvalue weighted by Gasteiger charge is 2.29. The van der Waals surface area contributed by atoms with Crippen molar-refractivity contribution < 1.29 is 18.1 Å². The summed E-state index contributed by atoms with van der Waals surface area (Å²) in [6.07, 6.45) is 5.10. The van der Waals surface area contributed by atoms with Gasteiger partial charge in [0.1, 0.15) is 5.69 Å². The Bertz CT molecular complexity index is 967. The summed E-state index contributed by atoms with van der Waals surface area (Å²) in [7, 11) is -3.84. The zero-order valence-corrected chi connectivity index (χ0v) is 19.8. The van der Waals surface area contributed by atoms with Crippen molar-refractivity contribution in [3.8, 4) is 0 Å². The van der Waals surface area contributed by atoms with Crippen LogP contribution in [0.3, 0.4) is 0 Å². The topological polar surface area (TPSA) is 125 Å². The van der Waals surface area contributed by atoms with Gasteiger partial charge in [0.2, 0.25) is 15.9 Å². The van der Waals surface area contributed by atoms with E-state index in [1.807, 2.05) is 9.80 Å². The molecule has 1 aliphatic heterocycles. The van der Waals surface area contributed by atoms with E-state index < -0.39 is 14.9 Å². The number of nitro groups is 1. The second-order valence-electron chi connectivity index (χ2n) is 8.84. The molecule has 0 spiro atoms. The second kappa shape index (κ2) is 11.1. The number of hydrogen-bond acceptors (Lipinski definition) is 7. The van der Waals surface area contributed by atoms with Crippen LogP contribution in [-0.4, -0.2) is 69.5 Å². The van der Waals surface area contributed by atoms with E-state index in [0.717, 1.165) is 31.7 Å². The first-order chi connectivity index (χ1) is 15.7. The molecule has 0 aromatic heterocycles. The monoisotopic (exact) mass is 479 g/mol. The van der Waals surface area contributed by atoms with Gasteiger partial charge in [0.15, 0.2) is 0 Å². The first kappa shape index (κ1) is 25.1. The summed E-state index contributed by atoms with van der Waals surface area (Å²) in [6, 6.07) is 3.97. The van der Waals surface area contributed by atoms with Crippen LogP contribution in [-0.2, 0) is 14.8 Å². The van der Waals surface area contributed by atoms with Gasteiger partial charge in [-0.15, -0.1) is 6.58 Å². The Hall–Kier alpha value is -2.50. The van der Waals surface area contributed by atoms with Crippen LogP contribution in [0.4, 0.5) is 11.4 Å². The molecular formula is C22H33N5O5S. The lowest BCUT2D eigenvalue weighted by Gasteiger charge is -2.35. The number of anilines is 1. The van der Waals surface area contributed by atoms with Crippen molar-refractivity contribution in [3.63, 3.8) is 0 Å². The van der Waals surface area contributed by atoms with Gasteiger partial charge in [-0.05, 0) is 43.7 Å². The van der Waals surface area contributed by atoms with Gasteiger partial charge in [-0.1, -0.05) is 13.0 Å². The maximum Gasteiger partial charge on any atom is 0.293 e. The Balaban J connectivity index is 1.67. The summed E-state index contributed by atoms with van der Waals surface area (Å²) >= 11 is 0. The van der Waals surface area contributed by atoms with Gasteiger partial charge in [-0.25, -0.2) is 13.1 Å². The number of carbonyl (C=O) groups is 1. The third kappa shape index (κ3) is 6.75. The number of piperazine rings is 1. The summed E-state index contributed by atoms with van der Waals surface area (Å²) in [5.74, 6) is 0.497. The average molecular weight is 480 g/mol. The van der Waals surface area contributed by atoms with Gasteiger partial charge >= 0.3 is 0 Å². The summed E-state index contributed by atoms with van der Waals surface area (Å²) in [4.78, 5) is 26.9. The standard InChI is InChI=1S/C22H33N5O5S/c1-3-10-23-22(28)16-25-11-13-26(14-12-25)20-9-8-19(15-21(20)27(29)30)33(31,32)24-18-6-4-17(2)5-7-18/h3,8-9,15,17-18,24H,1,4-7,10-14,16H2,2H3,(H,23,28). The van der Waals surface area contributed by atoms with Crippen LogP contribution >= 0.6 is 0 Å². The van der Waals surface area contributed by atoms with E-state index in [2.05, 4.69) is 23.5 Å². The summed E-state index contributed by atoms with van der Waals surface area (Å²) in [5, 5.41) is 14.5. The van der Waals surface area contributed by atoms with Crippen molar-refractivity contribution >= 4 is 27.3 Å². The largest absolute Gasteiger partial charge is 0.363 e. The lowest BCUT2D eigenvalue weighted by atomic mass is 9.88. The van der Waals surface area contributed by atoms with E-state index in [1.165, 1.54) is 12.1 Å². The normalized spacial score (nSPS) is 22.0. The third-order valence-corrected chi connectivity index (χ3v) is 7.83. The van der Waals surface area contributed by atoms with Gasteiger partial charge in [0.25, 0.3) is 5.69 Å². The predicted molar refractivity (Wildman–Crippen MR) is 127 cm³/mol. The molecule has 0 unspecified atom stereocenters. The molecule has 0 atom stereocenters. The van der Waals surface area contributed by atoms with Crippen molar-refractivity contribution in [1.82, 2.24) is 14.9 Å². The molecule has 3 rings (SSSR count). The maximum absolute atomic E-state index is 12.9. The van der Waals surface area contributed by atoms with Crippen LogP contribution < -0.4 is 14.9 Å². The molecule has 11 heteroatoms. The van der Waals surface area contributed by atoms with Crippen LogP contribution in [0.5, 0.6) is 0 Å². The smallest absolute Gasteiger partial charge is 0.293 e. The Kier molecular flexibility index (Phi) is 8.44. The van der Waals surface area contributed by atoms with Gasteiger partial charge < -0.3 is 10.2 Å². The molecule has 1 heterocycles. The van der Waals surface area contributed by atoms with Crippen LogP contribution in [0.15, 0.2) is 35.7 Å². The van der Waals surface area contributed by atoms with Crippen molar-refractivity contribution in [1.29, 1.82) is 0 Å². The van der Waals surface area contributed by atoms with Crippen molar-refractivity contribution in [2.24, 2.45) is 5.92 Å². The molecule has 182 valence electrons. The summed E-state index contributed by atoms with van der Waals surface area (Å²) in [6.45, 7) is 8.53. The molecule has 1 aromatic carbocycles. The minimum atomic E-state index is -3.84. The Morgan fingerprint density at radius 3 is 2.48 bits per heavy atom. The number of carbonyl (C=O) groups excluding carboxylic acids is 1. The van der Waals surface area contributed by atoms with Gasteiger partial charge in [0, 0.05) is 44.8 Å². The molecule has 1 saturated heterocycles. The second-order valence-corrected chi connectivity index (χ2v) is 10.6. The fraction of sp³-hybridized carbons (Fsp3) is 0.591. The minimum absolute atomic E-state index is 0.0888. The molecule has 0 bridgehead atoms. The van der Waals surface area contributed by atoms with E-state index in [0.29, 0.717) is 44.3 Å². The molecule has 1 aromatic rings. The van der Waals surface area contributed by atoms with Crippen molar-refractivity contribution in [2.75, 3.05) is 44.2 Å². The number of nitro benzene ring substituents is 1. The first-order valence-electron chi connectivity index (χ1n) is 11.3. The van der Waals surface area contributed by atoms with Crippen LogP contribution in [0.1, 0.15) is 32.6 Å². The molecule has 0 radical (unpaired) electrons.